The molecule has 4 heteroatoms. The molecule has 0 saturated carbocycles. The van der Waals surface area contributed by atoms with Crippen LogP contribution in [0.2, 0.25) is 0 Å². The topological polar surface area (TPSA) is 32.3 Å². The SMILES string of the molecule is O=C(c1ccccc1I)N1CCCC1C1CCCN1. The number of nitrogens with one attached hydrogen (secondary N) is 1. The lowest BCUT2D eigenvalue weighted by Crippen LogP contribution is -2.46. The van der Waals surface area contributed by atoms with Crippen LogP contribution in [0.3, 0.4) is 0 Å². The van der Waals surface area contributed by atoms with E-state index in [4.69, 9.17) is 0 Å². The molecular weight excluding hydrogens is 351 g/mol. The second-order valence-electron chi connectivity index (χ2n) is 5.39. The van der Waals surface area contributed by atoms with E-state index in [-0.39, 0.29) is 5.91 Å². The molecule has 2 atom stereocenters. The zero-order valence-corrected chi connectivity index (χ0v) is 13.1. The average Bonchev–Trinajstić information content (AvgIpc) is 3.09. The van der Waals surface area contributed by atoms with Gasteiger partial charge in [0, 0.05) is 22.2 Å². The first-order valence-electron chi connectivity index (χ1n) is 7.06. The van der Waals surface area contributed by atoms with Crippen molar-refractivity contribution in [2.24, 2.45) is 0 Å². The number of rotatable bonds is 2. The van der Waals surface area contributed by atoms with Crippen molar-refractivity contribution in [2.45, 2.75) is 37.8 Å². The summed E-state index contributed by atoms with van der Waals surface area (Å²) in [6.45, 7) is 2.01. The molecule has 2 heterocycles. The molecule has 2 fully saturated rings. The third-order valence-electron chi connectivity index (χ3n) is 4.23. The predicted molar refractivity (Wildman–Crippen MR) is 84.2 cm³/mol. The Labute approximate surface area is 127 Å². The maximum Gasteiger partial charge on any atom is 0.255 e. The standard InChI is InChI=1S/C15H19IN2O/c16-12-6-2-1-5-11(12)15(19)18-10-4-8-14(18)13-7-3-9-17-13/h1-2,5-6,13-14,17H,3-4,7-10H2. The van der Waals surface area contributed by atoms with Crippen molar-refractivity contribution in [3.05, 3.63) is 33.4 Å². The van der Waals surface area contributed by atoms with Crippen LogP contribution in [-0.4, -0.2) is 36.0 Å². The van der Waals surface area contributed by atoms with Gasteiger partial charge in [0.2, 0.25) is 0 Å². The molecule has 0 spiro atoms. The Morgan fingerprint density at radius 2 is 2.11 bits per heavy atom. The van der Waals surface area contributed by atoms with Crippen LogP contribution < -0.4 is 5.32 Å². The summed E-state index contributed by atoms with van der Waals surface area (Å²) in [5.41, 5.74) is 0.855. The van der Waals surface area contributed by atoms with Crippen LogP contribution in [0, 0.1) is 3.57 Å². The van der Waals surface area contributed by atoms with Crippen LogP contribution in [0.15, 0.2) is 24.3 Å². The number of amides is 1. The van der Waals surface area contributed by atoms with Gasteiger partial charge in [-0.05, 0) is 67.0 Å². The summed E-state index contributed by atoms with van der Waals surface area (Å²) in [4.78, 5) is 14.8. The van der Waals surface area contributed by atoms with E-state index in [9.17, 15) is 4.79 Å². The Balaban J connectivity index is 1.80. The average molecular weight is 370 g/mol. The van der Waals surface area contributed by atoms with Gasteiger partial charge in [-0.1, -0.05) is 12.1 Å². The Morgan fingerprint density at radius 1 is 1.26 bits per heavy atom. The van der Waals surface area contributed by atoms with Gasteiger partial charge in [0.05, 0.1) is 5.56 Å². The second kappa shape index (κ2) is 5.79. The van der Waals surface area contributed by atoms with E-state index in [1.165, 1.54) is 12.8 Å². The minimum absolute atomic E-state index is 0.209. The highest BCUT2D eigenvalue weighted by Crippen LogP contribution is 2.27. The molecule has 3 nitrogen and oxygen atoms in total. The van der Waals surface area contributed by atoms with Crippen LogP contribution in [0.5, 0.6) is 0 Å². The van der Waals surface area contributed by atoms with Gasteiger partial charge in [0.15, 0.2) is 0 Å². The number of nitrogens with zero attached hydrogens (tertiary/aromatic N) is 1. The maximum atomic E-state index is 12.7. The highest BCUT2D eigenvalue weighted by atomic mass is 127. The third-order valence-corrected chi connectivity index (χ3v) is 5.17. The van der Waals surface area contributed by atoms with Crippen molar-refractivity contribution >= 4 is 28.5 Å². The normalized spacial score (nSPS) is 26.9. The van der Waals surface area contributed by atoms with Gasteiger partial charge in [-0.25, -0.2) is 0 Å². The van der Waals surface area contributed by atoms with Crippen molar-refractivity contribution in [1.82, 2.24) is 10.2 Å². The number of hydrogen-bond acceptors (Lipinski definition) is 2. The smallest absolute Gasteiger partial charge is 0.255 e. The maximum absolute atomic E-state index is 12.7. The van der Waals surface area contributed by atoms with E-state index in [1.807, 2.05) is 24.3 Å². The van der Waals surface area contributed by atoms with E-state index in [2.05, 4.69) is 32.8 Å². The van der Waals surface area contributed by atoms with Crippen molar-refractivity contribution in [3.8, 4) is 0 Å². The van der Waals surface area contributed by atoms with Gasteiger partial charge in [0.25, 0.3) is 5.91 Å². The number of likely N-dealkylation sites (tertiary alicyclic amines) is 1. The highest BCUT2D eigenvalue weighted by Gasteiger charge is 2.36. The summed E-state index contributed by atoms with van der Waals surface area (Å²) < 4.78 is 1.05. The third kappa shape index (κ3) is 2.65. The minimum atomic E-state index is 0.209. The first-order valence-corrected chi connectivity index (χ1v) is 8.14. The van der Waals surface area contributed by atoms with Crippen molar-refractivity contribution in [1.29, 1.82) is 0 Å². The molecule has 102 valence electrons. The molecule has 0 aromatic heterocycles. The van der Waals surface area contributed by atoms with Crippen LogP contribution in [0.4, 0.5) is 0 Å². The molecule has 2 aliphatic rings. The van der Waals surface area contributed by atoms with E-state index in [1.54, 1.807) is 0 Å². The number of benzene rings is 1. The van der Waals surface area contributed by atoms with E-state index >= 15 is 0 Å². The predicted octanol–water partition coefficient (Wildman–Crippen LogP) is 2.65. The number of halogens is 1. The molecule has 0 radical (unpaired) electrons. The molecule has 19 heavy (non-hydrogen) atoms. The van der Waals surface area contributed by atoms with Gasteiger partial charge in [-0.2, -0.15) is 0 Å². The van der Waals surface area contributed by atoms with Gasteiger partial charge in [-0.15, -0.1) is 0 Å². The van der Waals surface area contributed by atoms with Crippen LogP contribution in [-0.2, 0) is 0 Å². The zero-order chi connectivity index (χ0) is 13.2. The Bertz CT molecular complexity index is 471. The molecule has 3 rings (SSSR count). The van der Waals surface area contributed by atoms with Crippen LogP contribution in [0.1, 0.15) is 36.0 Å². The molecule has 0 bridgehead atoms. The fourth-order valence-corrected chi connectivity index (χ4v) is 3.91. The lowest BCUT2D eigenvalue weighted by Gasteiger charge is -2.30. The fourth-order valence-electron chi connectivity index (χ4n) is 3.29. The summed E-state index contributed by atoms with van der Waals surface area (Å²) in [5, 5.41) is 3.55. The van der Waals surface area contributed by atoms with E-state index < -0.39 is 0 Å². The van der Waals surface area contributed by atoms with E-state index in [0.29, 0.717) is 12.1 Å². The Morgan fingerprint density at radius 3 is 2.84 bits per heavy atom. The largest absolute Gasteiger partial charge is 0.334 e. The summed E-state index contributed by atoms with van der Waals surface area (Å²) in [7, 11) is 0. The summed E-state index contributed by atoms with van der Waals surface area (Å²) in [6.07, 6.45) is 4.73. The van der Waals surface area contributed by atoms with Gasteiger partial charge in [0.1, 0.15) is 0 Å². The Hall–Kier alpha value is -0.620. The second-order valence-corrected chi connectivity index (χ2v) is 6.55. The quantitative estimate of drug-likeness (QED) is 0.812. The molecule has 2 saturated heterocycles. The number of hydrogen-bond donors (Lipinski definition) is 1. The van der Waals surface area contributed by atoms with Gasteiger partial charge < -0.3 is 10.2 Å². The molecule has 1 N–H and O–H groups in total. The molecule has 1 aromatic rings. The first kappa shape index (κ1) is 13.4. The zero-order valence-electron chi connectivity index (χ0n) is 10.9. The number of carbonyl (C=O) groups is 1. The van der Waals surface area contributed by atoms with Crippen LogP contribution in [0.25, 0.3) is 0 Å². The molecule has 0 aliphatic carbocycles. The van der Waals surface area contributed by atoms with Crippen molar-refractivity contribution in [2.75, 3.05) is 13.1 Å². The molecule has 1 amide bonds. The molecule has 2 aliphatic heterocycles. The summed E-state index contributed by atoms with van der Waals surface area (Å²) in [5.74, 6) is 0.209. The summed E-state index contributed by atoms with van der Waals surface area (Å²) >= 11 is 2.25. The van der Waals surface area contributed by atoms with Gasteiger partial charge >= 0.3 is 0 Å². The lowest BCUT2D eigenvalue weighted by atomic mass is 10.0. The first-order chi connectivity index (χ1) is 9.27. The van der Waals surface area contributed by atoms with Crippen molar-refractivity contribution < 1.29 is 4.79 Å². The molecule has 1 aromatic carbocycles. The minimum Gasteiger partial charge on any atom is -0.334 e. The Kier molecular flexibility index (Phi) is 4.07. The monoisotopic (exact) mass is 370 g/mol. The fraction of sp³-hybridized carbons (Fsp3) is 0.533. The van der Waals surface area contributed by atoms with Crippen molar-refractivity contribution in [3.63, 3.8) is 0 Å². The van der Waals surface area contributed by atoms with Crippen LogP contribution >= 0.6 is 22.6 Å². The van der Waals surface area contributed by atoms with E-state index in [0.717, 1.165) is 35.1 Å². The molecule has 2 unspecified atom stereocenters. The molecular formula is C15H19IN2O. The van der Waals surface area contributed by atoms with Gasteiger partial charge in [-0.3, -0.25) is 4.79 Å². The summed E-state index contributed by atoms with van der Waals surface area (Å²) in [6, 6.07) is 8.79. The highest BCUT2D eigenvalue weighted by molar-refractivity contribution is 14.1. The lowest BCUT2D eigenvalue weighted by molar-refractivity contribution is 0.0710. The number of carbonyl (C=O) groups excluding carboxylic acids is 1.